The number of nitrogens with one attached hydrogen (secondary N) is 1. The third-order valence-corrected chi connectivity index (χ3v) is 4.37. The molecule has 3 nitrogen and oxygen atoms in total. The third-order valence-electron chi connectivity index (χ3n) is 4.09. The Kier molecular flexibility index (Phi) is 5.06. The predicted molar refractivity (Wildman–Crippen MR) is 81.8 cm³/mol. The molecule has 2 heterocycles. The SMILES string of the molecule is CCNCc1cnc(N2CCC(C)C(C)C2)c(Cl)c1. The number of aromatic nitrogens is 1. The van der Waals surface area contributed by atoms with Crippen LogP contribution in [-0.4, -0.2) is 24.6 Å². The van der Waals surface area contributed by atoms with Crippen LogP contribution in [0.25, 0.3) is 0 Å². The summed E-state index contributed by atoms with van der Waals surface area (Å²) in [6, 6.07) is 2.04. The van der Waals surface area contributed by atoms with Crippen LogP contribution in [0.3, 0.4) is 0 Å². The van der Waals surface area contributed by atoms with Crippen molar-refractivity contribution in [1.29, 1.82) is 0 Å². The number of hydrogen-bond donors (Lipinski definition) is 1. The molecule has 19 heavy (non-hydrogen) atoms. The van der Waals surface area contributed by atoms with E-state index in [0.717, 1.165) is 48.5 Å². The minimum absolute atomic E-state index is 0.702. The zero-order valence-electron chi connectivity index (χ0n) is 12.1. The summed E-state index contributed by atoms with van der Waals surface area (Å²) in [4.78, 5) is 6.89. The Bertz CT molecular complexity index is 422. The molecule has 0 spiro atoms. The molecule has 4 heteroatoms. The van der Waals surface area contributed by atoms with Gasteiger partial charge in [-0.05, 0) is 36.4 Å². The monoisotopic (exact) mass is 281 g/mol. The second-order valence-electron chi connectivity index (χ2n) is 5.62. The zero-order chi connectivity index (χ0) is 13.8. The second kappa shape index (κ2) is 6.58. The molecule has 0 radical (unpaired) electrons. The van der Waals surface area contributed by atoms with Crippen LogP contribution in [0.15, 0.2) is 12.3 Å². The summed E-state index contributed by atoms with van der Waals surface area (Å²) >= 11 is 6.39. The van der Waals surface area contributed by atoms with Crippen molar-refractivity contribution in [2.24, 2.45) is 11.8 Å². The molecule has 0 bridgehead atoms. The highest BCUT2D eigenvalue weighted by atomic mass is 35.5. The van der Waals surface area contributed by atoms with Crippen molar-refractivity contribution < 1.29 is 0 Å². The maximum Gasteiger partial charge on any atom is 0.147 e. The Morgan fingerprint density at radius 2 is 2.21 bits per heavy atom. The van der Waals surface area contributed by atoms with Gasteiger partial charge in [0.25, 0.3) is 0 Å². The van der Waals surface area contributed by atoms with E-state index in [1.165, 1.54) is 6.42 Å². The van der Waals surface area contributed by atoms with Gasteiger partial charge in [0.2, 0.25) is 0 Å². The van der Waals surface area contributed by atoms with Crippen molar-refractivity contribution >= 4 is 17.4 Å². The van der Waals surface area contributed by atoms with Crippen LogP contribution >= 0.6 is 11.6 Å². The fourth-order valence-electron chi connectivity index (χ4n) is 2.52. The summed E-state index contributed by atoms with van der Waals surface area (Å²) in [6.07, 6.45) is 3.16. The molecule has 1 aliphatic rings. The predicted octanol–water partition coefficient (Wildman–Crippen LogP) is 3.33. The van der Waals surface area contributed by atoms with E-state index in [2.05, 4.69) is 36.0 Å². The lowest BCUT2D eigenvalue weighted by Crippen LogP contribution is -2.39. The average molecular weight is 282 g/mol. The first-order chi connectivity index (χ1) is 9.11. The minimum Gasteiger partial charge on any atom is -0.355 e. The normalized spacial score (nSPS) is 23.7. The molecule has 2 unspecified atom stereocenters. The zero-order valence-corrected chi connectivity index (χ0v) is 12.9. The largest absolute Gasteiger partial charge is 0.355 e. The Morgan fingerprint density at radius 1 is 1.42 bits per heavy atom. The molecule has 2 atom stereocenters. The average Bonchev–Trinajstić information content (AvgIpc) is 2.40. The smallest absolute Gasteiger partial charge is 0.147 e. The van der Waals surface area contributed by atoms with Gasteiger partial charge in [0.1, 0.15) is 5.82 Å². The van der Waals surface area contributed by atoms with Crippen molar-refractivity contribution in [3.8, 4) is 0 Å². The lowest BCUT2D eigenvalue weighted by atomic mass is 9.89. The van der Waals surface area contributed by atoms with E-state index in [1.54, 1.807) is 0 Å². The number of halogens is 1. The second-order valence-corrected chi connectivity index (χ2v) is 6.03. The van der Waals surface area contributed by atoms with E-state index in [4.69, 9.17) is 11.6 Å². The van der Waals surface area contributed by atoms with E-state index < -0.39 is 0 Å². The first-order valence-electron chi connectivity index (χ1n) is 7.22. The van der Waals surface area contributed by atoms with E-state index >= 15 is 0 Å². The van der Waals surface area contributed by atoms with Crippen LogP contribution in [0.1, 0.15) is 32.8 Å². The van der Waals surface area contributed by atoms with Crippen molar-refractivity contribution in [3.05, 3.63) is 22.8 Å². The molecule has 0 aromatic carbocycles. The van der Waals surface area contributed by atoms with Gasteiger partial charge in [-0.15, -0.1) is 0 Å². The van der Waals surface area contributed by atoms with Crippen molar-refractivity contribution in [2.75, 3.05) is 24.5 Å². The molecule has 2 rings (SSSR count). The molecule has 1 N–H and O–H groups in total. The molecule has 1 saturated heterocycles. The van der Waals surface area contributed by atoms with Crippen LogP contribution < -0.4 is 10.2 Å². The summed E-state index contributed by atoms with van der Waals surface area (Å²) in [7, 11) is 0. The van der Waals surface area contributed by atoms with Crippen molar-refractivity contribution in [2.45, 2.75) is 33.7 Å². The summed E-state index contributed by atoms with van der Waals surface area (Å²) in [5, 5.41) is 4.07. The maximum absolute atomic E-state index is 6.39. The van der Waals surface area contributed by atoms with Gasteiger partial charge in [0.15, 0.2) is 0 Å². The first-order valence-corrected chi connectivity index (χ1v) is 7.59. The first kappa shape index (κ1) is 14.6. The van der Waals surface area contributed by atoms with E-state index in [0.29, 0.717) is 5.92 Å². The fraction of sp³-hybridized carbons (Fsp3) is 0.667. The molecule has 0 amide bonds. The molecule has 1 aliphatic heterocycles. The molecular weight excluding hydrogens is 258 g/mol. The standard InChI is InChI=1S/C15H24ClN3/c1-4-17-8-13-7-14(16)15(18-9-13)19-6-5-11(2)12(3)10-19/h7,9,11-12,17H,4-6,8,10H2,1-3H3. The van der Waals surface area contributed by atoms with Crippen molar-refractivity contribution in [1.82, 2.24) is 10.3 Å². The van der Waals surface area contributed by atoms with Crippen molar-refractivity contribution in [3.63, 3.8) is 0 Å². The van der Waals surface area contributed by atoms with Crippen LogP contribution in [-0.2, 0) is 6.54 Å². The highest BCUT2D eigenvalue weighted by Crippen LogP contribution is 2.30. The van der Waals surface area contributed by atoms with Gasteiger partial charge in [0, 0.05) is 25.8 Å². The number of piperidine rings is 1. The van der Waals surface area contributed by atoms with Gasteiger partial charge in [-0.2, -0.15) is 0 Å². The minimum atomic E-state index is 0.702. The number of anilines is 1. The quantitative estimate of drug-likeness (QED) is 0.918. The Balaban J connectivity index is 2.08. The molecule has 0 aliphatic carbocycles. The molecule has 0 saturated carbocycles. The maximum atomic E-state index is 6.39. The van der Waals surface area contributed by atoms with Gasteiger partial charge in [-0.25, -0.2) is 4.98 Å². The van der Waals surface area contributed by atoms with Gasteiger partial charge in [-0.3, -0.25) is 0 Å². The number of pyridine rings is 1. The van der Waals surface area contributed by atoms with Gasteiger partial charge in [0.05, 0.1) is 5.02 Å². The summed E-state index contributed by atoms with van der Waals surface area (Å²) < 4.78 is 0. The Labute approximate surface area is 121 Å². The van der Waals surface area contributed by atoms with Crippen LogP contribution in [0.4, 0.5) is 5.82 Å². The molecule has 1 aromatic rings. The molecule has 106 valence electrons. The third kappa shape index (κ3) is 3.61. The van der Waals surface area contributed by atoms with Crippen LogP contribution in [0.5, 0.6) is 0 Å². The highest BCUT2D eigenvalue weighted by molar-refractivity contribution is 6.33. The molecule has 1 aromatic heterocycles. The Hall–Kier alpha value is -0.800. The van der Waals surface area contributed by atoms with Crippen LogP contribution in [0, 0.1) is 11.8 Å². The van der Waals surface area contributed by atoms with E-state index in [-0.39, 0.29) is 0 Å². The lowest BCUT2D eigenvalue weighted by molar-refractivity contribution is 0.323. The lowest BCUT2D eigenvalue weighted by Gasteiger charge is -2.36. The van der Waals surface area contributed by atoms with E-state index in [9.17, 15) is 0 Å². The number of rotatable bonds is 4. The Morgan fingerprint density at radius 3 is 2.84 bits per heavy atom. The van der Waals surface area contributed by atoms with Gasteiger partial charge in [-0.1, -0.05) is 32.4 Å². The van der Waals surface area contributed by atoms with Gasteiger partial charge >= 0.3 is 0 Å². The number of hydrogen-bond acceptors (Lipinski definition) is 3. The summed E-state index contributed by atoms with van der Waals surface area (Å²) in [5.41, 5.74) is 1.15. The molecular formula is C15H24ClN3. The summed E-state index contributed by atoms with van der Waals surface area (Å²) in [6.45, 7) is 10.6. The molecule has 1 fully saturated rings. The van der Waals surface area contributed by atoms with Gasteiger partial charge < -0.3 is 10.2 Å². The highest BCUT2D eigenvalue weighted by Gasteiger charge is 2.24. The summed E-state index contributed by atoms with van der Waals surface area (Å²) in [5.74, 6) is 2.44. The topological polar surface area (TPSA) is 28.2 Å². The number of nitrogens with zero attached hydrogens (tertiary/aromatic N) is 2. The van der Waals surface area contributed by atoms with Crippen LogP contribution in [0.2, 0.25) is 5.02 Å². The van der Waals surface area contributed by atoms with E-state index in [1.807, 2.05) is 12.3 Å². The fourth-order valence-corrected chi connectivity index (χ4v) is 2.83.